The molecule has 0 atom stereocenters. The van der Waals surface area contributed by atoms with Gasteiger partial charge in [0.05, 0.1) is 0 Å². The van der Waals surface area contributed by atoms with Crippen LogP contribution in [0, 0.1) is 6.07 Å². The molecular weight excluding hydrogens is 216 g/mol. The van der Waals surface area contributed by atoms with Gasteiger partial charge in [0.25, 0.3) is 0 Å². The van der Waals surface area contributed by atoms with E-state index >= 15 is 0 Å². The first-order valence-corrected chi connectivity index (χ1v) is 6.57. The van der Waals surface area contributed by atoms with Crippen molar-refractivity contribution in [3.8, 4) is 11.1 Å². The van der Waals surface area contributed by atoms with E-state index in [4.69, 9.17) is 0 Å². The van der Waals surface area contributed by atoms with Crippen molar-refractivity contribution in [3.63, 3.8) is 0 Å². The Balaban J connectivity index is 2.43. The first-order chi connectivity index (χ1) is 8.46. The molecule has 0 amide bonds. The Kier molecular flexibility index (Phi) is 2.22. The van der Waals surface area contributed by atoms with Gasteiger partial charge in [0.2, 0.25) is 0 Å². The third kappa shape index (κ3) is 1.26. The van der Waals surface area contributed by atoms with Crippen LogP contribution in [0.15, 0.2) is 42.5 Å². The fourth-order valence-electron chi connectivity index (χ4n) is 3.09. The molecule has 0 unspecified atom stereocenters. The van der Waals surface area contributed by atoms with Gasteiger partial charge in [-0.1, -0.05) is 70.2 Å². The minimum atomic E-state index is 0.0952. The van der Waals surface area contributed by atoms with Crippen molar-refractivity contribution in [2.45, 2.75) is 38.5 Å². The number of rotatable bonds is 0. The summed E-state index contributed by atoms with van der Waals surface area (Å²) in [6.45, 7) is 9.35. The molecule has 3 rings (SSSR count). The summed E-state index contributed by atoms with van der Waals surface area (Å²) >= 11 is 0. The van der Waals surface area contributed by atoms with Crippen molar-refractivity contribution >= 4 is 0 Å². The highest BCUT2D eigenvalue weighted by Crippen LogP contribution is 2.53. The van der Waals surface area contributed by atoms with Crippen LogP contribution in [0.3, 0.4) is 0 Å². The number of fused-ring (bicyclic) bond motifs is 3. The highest BCUT2D eigenvalue weighted by molar-refractivity contribution is 5.77. The van der Waals surface area contributed by atoms with Crippen molar-refractivity contribution in [2.75, 3.05) is 0 Å². The molecule has 2 aromatic rings. The van der Waals surface area contributed by atoms with Crippen LogP contribution in [0.4, 0.5) is 0 Å². The Bertz CT molecular complexity index is 547. The first kappa shape index (κ1) is 11.5. The van der Waals surface area contributed by atoms with Crippen molar-refractivity contribution in [3.05, 3.63) is 59.7 Å². The molecule has 2 aromatic carbocycles. The van der Waals surface area contributed by atoms with Gasteiger partial charge in [0.1, 0.15) is 0 Å². The zero-order valence-corrected chi connectivity index (χ0v) is 11.5. The van der Waals surface area contributed by atoms with E-state index in [-0.39, 0.29) is 10.8 Å². The summed E-state index contributed by atoms with van der Waals surface area (Å²) < 4.78 is 0. The predicted molar refractivity (Wildman–Crippen MR) is 76.8 cm³/mol. The summed E-state index contributed by atoms with van der Waals surface area (Å²) in [5, 5.41) is 0. The van der Waals surface area contributed by atoms with Crippen LogP contribution < -0.4 is 0 Å². The molecule has 0 aliphatic heterocycles. The SMILES string of the molecule is CC1(C)c2[c]cccc2-c2ccccc2C1(C)C. The molecule has 0 bridgehead atoms. The van der Waals surface area contributed by atoms with E-state index in [9.17, 15) is 0 Å². The lowest BCUT2D eigenvalue weighted by Gasteiger charge is -2.48. The maximum Gasteiger partial charge on any atom is 0.0000474 e. The number of hydrogen-bond acceptors (Lipinski definition) is 0. The minimum Gasteiger partial charge on any atom is -0.0619 e. The van der Waals surface area contributed by atoms with Crippen LogP contribution in [-0.4, -0.2) is 0 Å². The average Bonchev–Trinajstić information content (AvgIpc) is 2.37. The van der Waals surface area contributed by atoms with Crippen LogP contribution in [0.5, 0.6) is 0 Å². The molecule has 0 spiro atoms. The van der Waals surface area contributed by atoms with Crippen molar-refractivity contribution in [1.82, 2.24) is 0 Å². The Labute approximate surface area is 110 Å². The number of hydrogen-bond donors (Lipinski definition) is 0. The zero-order valence-electron chi connectivity index (χ0n) is 11.5. The van der Waals surface area contributed by atoms with Gasteiger partial charge in [-0.15, -0.1) is 0 Å². The standard InChI is InChI=1S/C18H19/c1-17(2)15-11-7-5-9-13(15)14-10-6-8-12-16(14)18(17,3)4/h5-11H,1-4H3. The Morgan fingerprint density at radius 2 is 1.44 bits per heavy atom. The lowest BCUT2D eigenvalue weighted by atomic mass is 9.55. The molecule has 1 aliphatic carbocycles. The smallest absolute Gasteiger partial charge is 0.0000474 e. The van der Waals surface area contributed by atoms with Gasteiger partial charge >= 0.3 is 0 Å². The van der Waals surface area contributed by atoms with E-state index in [0.717, 1.165) is 0 Å². The van der Waals surface area contributed by atoms with Gasteiger partial charge in [-0.25, -0.2) is 0 Å². The van der Waals surface area contributed by atoms with Crippen LogP contribution in [0.25, 0.3) is 11.1 Å². The highest BCUT2D eigenvalue weighted by Gasteiger charge is 2.45. The molecule has 0 heterocycles. The summed E-state index contributed by atoms with van der Waals surface area (Å²) in [5.74, 6) is 0. The van der Waals surface area contributed by atoms with Gasteiger partial charge in [-0.05, 0) is 33.7 Å². The van der Waals surface area contributed by atoms with Gasteiger partial charge in [-0.3, -0.25) is 0 Å². The van der Waals surface area contributed by atoms with Crippen LogP contribution in [0.1, 0.15) is 38.8 Å². The van der Waals surface area contributed by atoms with E-state index in [1.165, 1.54) is 22.3 Å². The van der Waals surface area contributed by atoms with E-state index in [1.807, 2.05) is 6.07 Å². The molecule has 0 nitrogen and oxygen atoms in total. The molecule has 1 radical (unpaired) electrons. The normalized spacial score (nSPS) is 18.9. The molecule has 0 N–H and O–H groups in total. The zero-order chi connectivity index (χ0) is 13.0. The lowest BCUT2D eigenvalue weighted by molar-refractivity contribution is 0.298. The quantitative estimate of drug-likeness (QED) is 0.619. The van der Waals surface area contributed by atoms with Crippen LogP contribution in [-0.2, 0) is 10.8 Å². The van der Waals surface area contributed by atoms with Gasteiger partial charge < -0.3 is 0 Å². The minimum absolute atomic E-state index is 0.0952. The van der Waals surface area contributed by atoms with E-state index in [0.29, 0.717) is 0 Å². The first-order valence-electron chi connectivity index (χ1n) is 6.57. The summed E-state index contributed by atoms with van der Waals surface area (Å²) in [5.41, 5.74) is 5.72. The predicted octanol–water partition coefficient (Wildman–Crippen LogP) is 4.72. The summed E-state index contributed by atoms with van der Waals surface area (Å²) in [4.78, 5) is 0. The molecule has 0 heteroatoms. The second-order valence-electron chi connectivity index (χ2n) is 6.25. The van der Waals surface area contributed by atoms with Gasteiger partial charge in [0.15, 0.2) is 0 Å². The molecular formula is C18H19. The summed E-state index contributed by atoms with van der Waals surface area (Å²) in [7, 11) is 0. The third-order valence-corrected chi connectivity index (χ3v) is 4.93. The van der Waals surface area contributed by atoms with Crippen molar-refractivity contribution < 1.29 is 0 Å². The largest absolute Gasteiger partial charge is 0.0619 e. The van der Waals surface area contributed by atoms with Crippen molar-refractivity contribution in [1.29, 1.82) is 0 Å². The fourth-order valence-corrected chi connectivity index (χ4v) is 3.09. The average molecular weight is 235 g/mol. The summed E-state index contributed by atoms with van der Waals surface area (Å²) in [6, 6.07) is 18.6. The molecule has 1 aliphatic rings. The molecule has 18 heavy (non-hydrogen) atoms. The Hall–Kier alpha value is -1.56. The number of benzene rings is 2. The Morgan fingerprint density at radius 3 is 2.22 bits per heavy atom. The topological polar surface area (TPSA) is 0 Å². The maximum atomic E-state index is 3.48. The molecule has 0 saturated carbocycles. The lowest BCUT2D eigenvalue weighted by Crippen LogP contribution is -2.43. The third-order valence-electron chi connectivity index (χ3n) is 4.93. The second-order valence-corrected chi connectivity index (χ2v) is 6.25. The Morgan fingerprint density at radius 1 is 0.778 bits per heavy atom. The van der Waals surface area contributed by atoms with Crippen LogP contribution >= 0.6 is 0 Å². The van der Waals surface area contributed by atoms with Gasteiger partial charge in [0, 0.05) is 5.41 Å². The summed E-state index contributed by atoms with van der Waals surface area (Å²) in [6.07, 6.45) is 0. The van der Waals surface area contributed by atoms with Crippen molar-refractivity contribution in [2.24, 2.45) is 0 Å². The molecule has 91 valence electrons. The van der Waals surface area contributed by atoms with E-state index < -0.39 is 0 Å². The van der Waals surface area contributed by atoms with E-state index in [1.54, 1.807) is 0 Å². The second kappa shape index (κ2) is 3.47. The fraction of sp³-hybridized carbons (Fsp3) is 0.333. The molecule has 0 saturated heterocycles. The van der Waals surface area contributed by atoms with Crippen LogP contribution in [0.2, 0.25) is 0 Å². The molecule has 0 fully saturated rings. The highest BCUT2D eigenvalue weighted by atomic mass is 14.5. The maximum absolute atomic E-state index is 3.48. The van der Waals surface area contributed by atoms with E-state index in [2.05, 4.69) is 70.2 Å². The van der Waals surface area contributed by atoms with Gasteiger partial charge in [-0.2, -0.15) is 0 Å². The monoisotopic (exact) mass is 235 g/mol. The molecule has 0 aromatic heterocycles.